The van der Waals surface area contributed by atoms with E-state index in [1.54, 1.807) is 6.07 Å². The van der Waals surface area contributed by atoms with Crippen LogP contribution in [0.3, 0.4) is 0 Å². The third kappa shape index (κ3) is 6.93. The Labute approximate surface area is 247 Å². The maximum Gasteiger partial charge on any atom is 0.253 e. The number of anilines is 2. The minimum Gasteiger partial charge on any atom is -0.490 e. The fourth-order valence-electron chi connectivity index (χ4n) is 6.41. The van der Waals surface area contributed by atoms with Gasteiger partial charge in [-0.3, -0.25) is 4.79 Å². The summed E-state index contributed by atoms with van der Waals surface area (Å²) in [5.41, 5.74) is 1.76. The number of ether oxygens (including phenoxy) is 2. The smallest absolute Gasteiger partial charge is 0.253 e. The van der Waals surface area contributed by atoms with E-state index in [9.17, 15) is 14.3 Å². The van der Waals surface area contributed by atoms with Crippen molar-refractivity contribution in [2.45, 2.75) is 56.8 Å². The summed E-state index contributed by atoms with van der Waals surface area (Å²) in [4.78, 5) is 19.9. The van der Waals surface area contributed by atoms with Crippen molar-refractivity contribution in [1.82, 2.24) is 15.5 Å². The molecule has 228 valence electrons. The van der Waals surface area contributed by atoms with Gasteiger partial charge in [0.05, 0.1) is 11.3 Å². The van der Waals surface area contributed by atoms with Crippen LogP contribution in [0.5, 0.6) is 11.5 Å². The number of nitrogens with zero attached hydrogens (tertiary/aromatic N) is 3. The topological polar surface area (TPSA) is 89.5 Å². The van der Waals surface area contributed by atoms with E-state index < -0.39 is 5.60 Å². The molecule has 4 heterocycles. The Morgan fingerprint density at radius 1 is 0.881 bits per heavy atom. The number of halogens is 1. The minimum atomic E-state index is -0.662. The van der Waals surface area contributed by atoms with Crippen LogP contribution in [-0.4, -0.2) is 99.2 Å². The van der Waals surface area contributed by atoms with Gasteiger partial charge in [0.25, 0.3) is 5.91 Å². The van der Waals surface area contributed by atoms with Crippen molar-refractivity contribution in [2.75, 3.05) is 75.2 Å². The van der Waals surface area contributed by atoms with Crippen LogP contribution in [0.4, 0.5) is 15.8 Å². The van der Waals surface area contributed by atoms with E-state index in [1.165, 1.54) is 6.07 Å². The number of amides is 1. The van der Waals surface area contributed by atoms with Crippen LogP contribution in [-0.2, 0) is 0 Å². The van der Waals surface area contributed by atoms with Crippen molar-refractivity contribution in [3.05, 3.63) is 47.8 Å². The summed E-state index contributed by atoms with van der Waals surface area (Å²) in [6.07, 6.45) is 3.72. The molecule has 10 heteroatoms. The average molecular weight is 582 g/mol. The number of likely N-dealkylation sites (tertiary alicyclic amines) is 1. The quantitative estimate of drug-likeness (QED) is 0.460. The Hall–Kier alpha value is -3.08. The molecule has 9 nitrogen and oxygen atoms in total. The normalized spacial score (nSPS) is 23.2. The van der Waals surface area contributed by atoms with E-state index in [4.69, 9.17) is 9.47 Å². The highest BCUT2D eigenvalue weighted by atomic mass is 19.1. The van der Waals surface area contributed by atoms with Crippen LogP contribution in [0.2, 0.25) is 0 Å². The van der Waals surface area contributed by atoms with Crippen molar-refractivity contribution < 1.29 is 23.8 Å². The lowest BCUT2D eigenvalue weighted by Gasteiger charge is -2.38. The van der Waals surface area contributed by atoms with Gasteiger partial charge in [0.15, 0.2) is 0 Å². The van der Waals surface area contributed by atoms with Gasteiger partial charge in [0.2, 0.25) is 0 Å². The molecule has 0 aromatic heterocycles. The van der Waals surface area contributed by atoms with Crippen molar-refractivity contribution in [3.8, 4) is 11.5 Å². The molecular weight excluding hydrogens is 537 g/mol. The van der Waals surface area contributed by atoms with E-state index in [0.717, 1.165) is 62.8 Å². The predicted octanol–water partition coefficient (Wildman–Crippen LogP) is 3.01. The molecule has 0 aliphatic carbocycles. The predicted molar refractivity (Wildman–Crippen MR) is 161 cm³/mol. The van der Waals surface area contributed by atoms with Crippen LogP contribution < -0.4 is 29.9 Å². The van der Waals surface area contributed by atoms with E-state index in [0.29, 0.717) is 63.2 Å². The zero-order valence-corrected chi connectivity index (χ0v) is 24.6. The number of piperidine rings is 2. The molecular formula is C32H44FN5O4. The first kappa shape index (κ1) is 29.0. The lowest BCUT2D eigenvalue weighted by molar-refractivity contribution is 0.0349. The molecule has 42 heavy (non-hydrogen) atoms. The van der Waals surface area contributed by atoms with E-state index >= 15 is 0 Å². The molecule has 6 rings (SSSR count). The number of benzene rings is 2. The fourth-order valence-corrected chi connectivity index (χ4v) is 6.41. The zero-order chi connectivity index (χ0) is 29.1. The summed E-state index contributed by atoms with van der Waals surface area (Å²) in [6.45, 7) is 9.68. The fraction of sp³-hybridized carbons (Fsp3) is 0.594. The van der Waals surface area contributed by atoms with Crippen LogP contribution in [0.25, 0.3) is 0 Å². The van der Waals surface area contributed by atoms with Crippen LogP contribution in [0, 0.1) is 5.82 Å². The molecule has 0 bridgehead atoms. The molecule has 1 atom stereocenters. The minimum absolute atomic E-state index is 0.000427. The number of carbonyl (C=O) groups is 1. The van der Waals surface area contributed by atoms with Crippen molar-refractivity contribution in [2.24, 2.45) is 0 Å². The molecule has 1 amide bonds. The first-order chi connectivity index (χ1) is 20.3. The lowest BCUT2D eigenvalue weighted by Crippen LogP contribution is -2.43. The van der Waals surface area contributed by atoms with E-state index in [2.05, 4.69) is 20.4 Å². The second-order valence-corrected chi connectivity index (χ2v) is 12.4. The molecule has 4 aliphatic rings. The van der Waals surface area contributed by atoms with Gasteiger partial charge in [-0.2, -0.15) is 0 Å². The van der Waals surface area contributed by atoms with Gasteiger partial charge in [-0.25, -0.2) is 4.39 Å². The highest BCUT2D eigenvalue weighted by molar-refractivity contribution is 5.95. The Bertz CT molecular complexity index is 1230. The lowest BCUT2D eigenvalue weighted by atomic mass is 9.93. The molecule has 0 saturated carbocycles. The number of hydrogen-bond donors (Lipinski definition) is 3. The number of aliphatic hydroxyl groups is 1. The van der Waals surface area contributed by atoms with Crippen LogP contribution in [0.1, 0.15) is 49.4 Å². The Balaban J connectivity index is 1.10. The average Bonchev–Trinajstić information content (AvgIpc) is 3.51. The van der Waals surface area contributed by atoms with Gasteiger partial charge in [-0.15, -0.1) is 0 Å². The standard InChI is InChI=1S/C32H44FN5O4/c1-32(40)7-14-37(15-8-32)29-18-23(2-3-30(29)42-27-4-9-35-22-27)31(39)38-12-5-26(6-13-38)41-28-20-24(33)19-25(21-28)36-16-10-34-11-17-36/h2-3,18-21,26-27,34-35,40H,4-17,22H2,1H3/t27-/m0/s1. The zero-order valence-electron chi connectivity index (χ0n) is 24.6. The van der Waals surface area contributed by atoms with Gasteiger partial charge in [-0.1, -0.05) is 0 Å². The monoisotopic (exact) mass is 581 g/mol. The maximum absolute atomic E-state index is 14.4. The van der Waals surface area contributed by atoms with E-state index in [-0.39, 0.29) is 23.9 Å². The summed E-state index contributed by atoms with van der Waals surface area (Å²) in [7, 11) is 0. The third-order valence-electron chi connectivity index (χ3n) is 9.07. The van der Waals surface area contributed by atoms with Gasteiger partial charge in [-0.05, 0) is 57.0 Å². The van der Waals surface area contributed by atoms with Crippen molar-refractivity contribution in [3.63, 3.8) is 0 Å². The highest BCUT2D eigenvalue weighted by Crippen LogP contribution is 2.35. The summed E-state index contributed by atoms with van der Waals surface area (Å²) < 4.78 is 27.0. The summed E-state index contributed by atoms with van der Waals surface area (Å²) in [5, 5.41) is 17.2. The Morgan fingerprint density at radius 2 is 1.64 bits per heavy atom. The van der Waals surface area contributed by atoms with Gasteiger partial charge < -0.3 is 39.9 Å². The van der Waals surface area contributed by atoms with Gasteiger partial charge in [0, 0.05) is 95.1 Å². The Kier molecular flexibility index (Phi) is 8.74. The molecule has 0 spiro atoms. The molecule has 2 aromatic carbocycles. The summed E-state index contributed by atoms with van der Waals surface area (Å²) in [6, 6.07) is 10.7. The first-order valence-corrected chi connectivity index (χ1v) is 15.5. The molecule has 4 aliphatic heterocycles. The SMILES string of the molecule is CC1(O)CCN(c2cc(C(=O)N3CCC(Oc4cc(F)cc(N5CCNCC5)c4)CC3)ccc2O[C@H]2CCNC2)CC1. The molecule has 2 aromatic rings. The Morgan fingerprint density at radius 3 is 2.36 bits per heavy atom. The second-order valence-electron chi connectivity index (χ2n) is 12.4. The summed E-state index contributed by atoms with van der Waals surface area (Å²) in [5.74, 6) is 1.05. The maximum atomic E-state index is 14.4. The number of nitrogens with one attached hydrogen (secondary N) is 2. The van der Waals surface area contributed by atoms with Gasteiger partial charge in [0.1, 0.15) is 29.5 Å². The second kappa shape index (κ2) is 12.7. The first-order valence-electron chi connectivity index (χ1n) is 15.5. The van der Waals surface area contributed by atoms with Crippen molar-refractivity contribution >= 4 is 17.3 Å². The van der Waals surface area contributed by atoms with Crippen LogP contribution in [0.15, 0.2) is 36.4 Å². The number of hydrogen-bond acceptors (Lipinski definition) is 8. The molecule has 0 unspecified atom stereocenters. The molecule has 4 saturated heterocycles. The summed E-state index contributed by atoms with van der Waals surface area (Å²) >= 11 is 0. The van der Waals surface area contributed by atoms with E-state index in [1.807, 2.05) is 36.1 Å². The molecule has 4 fully saturated rings. The highest BCUT2D eigenvalue weighted by Gasteiger charge is 2.31. The number of rotatable bonds is 7. The van der Waals surface area contributed by atoms with Crippen molar-refractivity contribution in [1.29, 1.82) is 0 Å². The molecule has 3 N–H and O–H groups in total. The largest absolute Gasteiger partial charge is 0.490 e. The molecule has 0 radical (unpaired) electrons. The van der Waals surface area contributed by atoms with Crippen LogP contribution >= 0.6 is 0 Å². The third-order valence-corrected chi connectivity index (χ3v) is 9.07. The number of carbonyl (C=O) groups excluding carboxylic acids is 1. The number of piperazine rings is 1. The van der Waals surface area contributed by atoms with Gasteiger partial charge >= 0.3 is 0 Å².